The van der Waals surface area contributed by atoms with Gasteiger partial charge in [-0.25, -0.2) is 0 Å². The van der Waals surface area contributed by atoms with Crippen LogP contribution in [-0.4, -0.2) is 40.4 Å². The molecule has 1 N–H and O–H groups in total. The van der Waals surface area contributed by atoms with Crippen molar-refractivity contribution in [3.8, 4) is 0 Å². The van der Waals surface area contributed by atoms with Gasteiger partial charge in [-0.1, -0.05) is 13.8 Å². The van der Waals surface area contributed by atoms with E-state index in [1.165, 1.54) is 0 Å². The Morgan fingerprint density at radius 2 is 2.13 bits per heavy atom. The van der Waals surface area contributed by atoms with E-state index in [-0.39, 0.29) is 17.9 Å². The number of aromatic nitrogens is 1. The summed E-state index contributed by atoms with van der Waals surface area (Å²) < 4.78 is 1.94. The van der Waals surface area contributed by atoms with Crippen LogP contribution < -0.4 is 5.32 Å². The van der Waals surface area contributed by atoms with E-state index in [0.717, 1.165) is 43.6 Å². The smallest absolute Gasteiger partial charge is 0.253 e. The molecular formula is C18H29N3O2. The van der Waals surface area contributed by atoms with Gasteiger partial charge in [-0.2, -0.15) is 0 Å². The summed E-state index contributed by atoms with van der Waals surface area (Å²) in [4.78, 5) is 26.6. The largest absolute Gasteiger partial charge is 0.354 e. The van der Waals surface area contributed by atoms with Crippen LogP contribution in [0.15, 0.2) is 12.3 Å². The molecule has 1 aliphatic heterocycles. The first-order chi connectivity index (χ1) is 10.9. The lowest BCUT2D eigenvalue weighted by atomic mass is 10.1. The number of carbonyl (C=O) groups is 2. The lowest BCUT2D eigenvalue weighted by Gasteiger charge is -2.22. The molecule has 1 aromatic rings. The van der Waals surface area contributed by atoms with Gasteiger partial charge in [0.25, 0.3) is 5.91 Å². The van der Waals surface area contributed by atoms with Crippen LogP contribution in [0.5, 0.6) is 0 Å². The quantitative estimate of drug-likeness (QED) is 0.906. The highest BCUT2D eigenvalue weighted by molar-refractivity contribution is 5.95. The van der Waals surface area contributed by atoms with E-state index in [9.17, 15) is 9.59 Å². The van der Waals surface area contributed by atoms with Crippen LogP contribution in [0.2, 0.25) is 0 Å². The number of likely N-dealkylation sites (tertiary alicyclic amines) is 1. The van der Waals surface area contributed by atoms with Crippen LogP contribution in [0.25, 0.3) is 0 Å². The van der Waals surface area contributed by atoms with Crippen LogP contribution in [0.1, 0.15) is 55.6 Å². The van der Waals surface area contributed by atoms with E-state index in [1.807, 2.05) is 35.7 Å². The molecule has 0 radical (unpaired) electrons. The fourth-order valence-electron chi connectivity index (χ4n) is 2.94. The molecule has 1 fully saturated rings. The van der Waals surface area contributed by atoms with E-state index in [0.29, 0.717) is 12.3 Å². The normalized spacial score (nSPS) is 19.1. The van der Waals surface area contributed by atoms with Gasteiger partial charge in [0.05, 0.1) is 5.56 Å². The molecule has 2 heterocycles. The molecule has 0 saturated carbocycles. The zero-order valence-electron chi connectivity index (χ0n) is 14.8. The molecule has 0 bridgehead atoms. The van der Waals surface area contributed by atoms with Gasteiger partial charge in [0.1, 0.15) is 0 Å². The predicted molar refractivity (Wildman–Crippen MR) is 91.3 cm³/mol. The number of amides is 2. The number of carbonyl (C=O) groups excluding carboxylic acids is 2. The standard InChI is InChI=1S/C18H29N3O2/c1-13(2)7-11-21-12-8-15(5-6-17(21)22)19-18(23)16-9-10-20(4)14(16)3/h9-10,13,15H,5-8,11-12H2,1-4H3,(H,19,23). The molecule has 0 spiro atoms. The fourth-order valence-corrected chi connectivity index (χ4v) is 2.94. The van der Waals surface area contributed by atoms with Crippen LogP contribution in [-0.2, 0) is 11.8 Å². The highest BCUT2D eigenvalue weighted by Gasteiger charge is 2.24. The van der Waals surface area contributed by atoms with Gasteiger partial charge in [-0.15, -0.1) is 0 Å². The topological polar surface area (TPSA) is 54.3 Å². The van der Waals surface area contributed by atoms with Crippen LogP contribution in [0.4, 0.5) is 0 Å². The van der Waals surface area contributed by atoms with Crippen molar-refractivity contribution in [2.24, 2.45) is 13.0 Å². The molecule has 2 amide bonds. The third-order valence-electron chi connectivity index (χ3n) is 4.75. The van der Waals surface area contributed by atoms with Crippen molar-refractivity contribution in [3.63, 3.8) is 0 Å². The molecule has 1 unspecified atom stereocenters. The molecule has 1 aromatic heterocycles. The Labute approximate surface area is 139 Å². The first-order valence-corrected chi connectivity index (χ1v) is 8.59. The Morgan fingerprint density at radius 1 is 1.39 bits per heavy atom. The maximum atomic E-state index is 12.4. The Kier molecular flexibility index (Phi) is 5.85. The highest BCUT2D eigenvalue weighted by atomic mass is 16.2. The number of hydrogen-bond acceptors (Lipinski definition) is 2. The molecule has 128 valence electrons. The van der Waals surface area contributed by atoms with Crippen molar-refractivity contribution in [1.82, 2.24) is 14.8 Å². The van der Waals surface area contributed by atoms with Gasteiger partial charge in [0.15, 0.2) is 0 Å². The summed E-state index contributed by atoms with van der Waals surface area (Å²) in [6, 6.07) is 1.93. The van der Waals surface area contributed by atoms with Crippen molar-refractivity contribution >= 4 is 11.8 Å². The van der Waals surface area contributed by atoms with Crippen molar-refractivity contribution in [1.29, 1.82) is 0 Å². The molecule has 5 nitrogen and oxygen atoms in total. The van der Waals surface area contributed by atoms with Gasteiger partial charge in [-0.3, -0.25) is 9.59 Å². The fraction of sp³-hybridized carbons (Fsp3) is 0.667. The zero-order chi connectivity index (χ0) is 17.0. The summed E-state index contributed by atoms with van der Waals surface area (Å²) in [5, 5.41) is 3.10. The third-order valence-corrected chi connectivity index (χ3v) is 4.75. The van der Waals surface area contributed by atoms with Crippen molar-refractivity contribution in [3.05, 3.63) is 23.5 Å². The van der Waals surface area contributed by atoms with E-state index in [2.05, 4.69) is 19.2 Å². The average Bonchev–Trinajstić information content (AvgIpc) is 2.73. The maximum absolute atomic E-state index is 12.4. The van der Waals surface area contributed by atoms with Gasteiger partial charge in [-0.05, 0) is 38.2 Å². The summed E-state index contributed by atoms with van der Waals surface area (Å²) in [6.07, 6.45) is 5.02. The Bertz CT molecular complexity index is 563. The van der Waals surface area contributed by atoms with Crippen LogP contribution in [0, 0.1) is 12.8 Å². The minimum Gasteiger partial charge on any atom is -0.354 e. The molecule has 0 aromatic carbocycles. The maximum Gasteiger partial charge on any atom is 0.253 e. The monoisotopic (exact) mass is 319 g/mol. The van der Waals surface area contributed by atoms with Crippen molar-refractivity contribution in [2.45, 2.75) is 52.5 Å². The first kappa shape index (κ1) is 17.6. The molecule has 1 aliphatic rings. The second-order valence-corrected chi connectivity index (χ2v) is 6.99. The first-order valence-electron chi connectivity index (χ1n) is 8.59. The van der Waals surface area contributed by atoms with Gasteiger partial charge in [0.2, 0.25) is 5.91 Å². The molecule has 2 rings (SSSR count). The van der Waals surface area contributed by atoms with Crippen molar-refractivity contribution in [2.75, 3.05) is 13.1 Å². The SMILES string of the molecule is Cc1c(C(=O)NC2CCC(=O)N(CCC(C)C)CC2)ccn1C. The lowest BCUT2D eigenvalue weighted by Crippen LogP contribution is -2.36. The lowest BCUT2D eigenvalue weighted by molar-refractivity contribution is -0.130. The number of nitrogens with one attached hydrogen (secondary N) is 1. The van der Waals surface area contributed by atoms with Crippen LogP contribution >= 0.6 is 0 Å². The Balaban J connectivity index is 1.91. The van der Waals surface area contributed by atoms with E-state index < -0.39 is 0 Å². The molecule has 23 heavy (non-hydrogen) atoms. The summed E-state index contributed by atoms with van der Waals surface area (Å²) >= 11 is 0. The number of nitrogens with zero attached hydrogens (tertiary/aromatic N) is 2. The molecule has 1 atom stereocenters. The molecule has 0 aliphatic carbocycles. The van der Waals surface area contributed by atoms with Crippen molar-refractivity contribution < 1.29 is 9.59 Å². The highest BCUT2D eigenvalue weighted by Crippen LogP contribution is 2.16. The Morgan fingerprint density at radius 3 is 2.74 bits per heavy atom. The average molecular weight is 319 g/mol. The van der Waals surface area contributed by atoms with Gasteiger partial charge >= 0.3 is 0 Å². The molecule has 5 heteroatoms. The second-order valence-electron chi connectivity index (χ2n) is 6.99. The minimum atomic E-state index is -0.0313. The second kappa shape index (κ2) is 7.66. The van der Waals surface area contributed by atoms with E-state index >= 15 is 0 Å². The summed E-state index contributed by atoms with van der Waals surface area (Å²) in [5.74, 6) is 0.789. The minimum absolute atomic E-state index is 0.0313. The molecular weight excluding hydrogens is 290 g/mol. The van der Waals surface area contributed by atoms with Gasteiger partial charge in [0, 0.05) is 44.5 Å². The summed E-state index contributed by atoms with van der Waals surface area (Å²) in [6.45, 7) is 7.86. The van der Waals surface area contributed by atoms with E-state index in [1.54, 1.807) is 0 Å². The molecule has 1 saturated heterocycles. The number of rotatable bonds is 5. The number of hydrogen-bond donors (Lipinski definition) is 1. The van der Waals surface area contributed by atoms with E-state index in [4.69, 9.17) is 0 Å². The summed E-state index contributed by atoms with van der Waals surface area (Å²) in [5.41, 5.74) is 1.69. The predicted octanol–water partition coefficient (Wildman–Crippen LogP) is 2.49. The third kappa shape index (κ3) is 4.60. The number of aryl methyl sites for hydroxylation is 1. The Hall–Kier alpha value is -1.78. The zero-order valence-corrected chi connectivity index (χ0v) is 14.8. The van der Waals surface area contributed by atoms with Gasteiger partial charge < -0.3 is 14.8 Å². The summed E-state index contributed by atoms with van der Waals surface area (Å²) in [7, 11) is 1.93. The van der Waals surface area contributed by atoms with Crippen LogP contribution in [0.3, 0.4) is 0 Å².